The van der Waals surface area contributed by atoms with Gasteiger partial charge >= 0.3 is 5.97 Å². The molecule has 0 saturated carbocycles. The summed E-state index contributed by atoms with van der Waals surface area (Å²) in [6.45, 7) is 1.09. The fourth-order valence-corrected chi connectivity index (χ4v) is 3.06. The van der Waals surface area contributed by atoms with Gasteiger partial charge < -0.3 is 14.7 Å². The summed E-state index contributed by atoms with van der Waals surface area (Å²) in [6, 6.07) is 6.94. The molecule has 0 unspecified atom stereocenters. The van der Waals surface area contributed by atoms with Gasteiger partial charge in [-0.25, -0.2) is 4.98 Å². The van der Waals surface area contributed by atoms with E-state index in [2.05, 4.69) is 4.98 Å². The molecule has 1 atom stereocenters. The molecule has 0 spiro atoms. The van der Waals surface area contributed by atoms with Gasteiger partial charge in [-0.1, -0.05) is 6.07 Å². The molecule has 1 aromatic heterocycles. The number of amides is 1. The van der Waals surface area contributed by atoms with Crippen LogP contribution in [0.1, 0.15) is 22.5 Å². The number of hydrogen-bond acceptors (Lipinski definition) is 5. The zero-order valence-electron chi connectivity index (χ0n) is 12.3. The van der Waals surface area contributed by atoms with Crippen molar-refractivity contribution in [1.82, 2.24) is 9.88 Å². The fourth-order valence-electron chi connectivity index (χ4n) is 2.51. The van der Waals surface area contributed by atoms with E-state index in [4.69, 9.17) is 9.84 Å². The Morgan fingerprint density at radius 3 is 3.00 bits per heavy atom. The third-order valence-corrected chi connectivity index (χ3v) is 4.41. The number of aromatic nitrogens is 1. The van der Waals surface area contributed by atoms with Crippen LogP contribution in [0.3, 0.4) is 0 Å². The predicted molar refractivity (Wildman–Crippen MR) is 84.5 cm³/mol. The van der Waals surface area contributed by atoms with Gasteiger partial charge in [-0.2, -0.15) is 0 Å². The van der Waals surface area contributed by atoms with E-state index in [0.29, 0.717) is 30.9 Å². The van der Waals surface area contributed by atoms with E-state index in [-0.39, 0.29) is 12.5 Å². The smallest absolute Gasteiger partial charge is 0.308 e. The lowest BCUT2D eigenvalue weighted by Crippen LogP contribution is -2.29. The molecule has 2 heterocycles. The number of carboxylic acid groups (broad SMARTS) is 1. The SMILES string of the molecule is O=C(O)[C@@H]1CCN(C(=O)c2cccc(OCc3cscn3)c2)C1. The topological polar surface area (TPSA) is 79.7 Å². The molecular weight excluding hydrogens is 316 g/mol. The molecule has 3 rings (SSSR count). The van der Waals surface area contributed by atoms with Crippen molar-refractivity contribution in [1.29, 1.82) is 0 Å². The maximum Gasteiger partial charge on any atom is 0.308 e. The van der Waals surface area contributed by atoms with Gasteiger partial charge in [-0.05, 0) is 24.6 Å². The summed E-state index contributed by atoms with van der Waals surface area (Å²) < 4.78 is 5.64. The molecule has 2 aromatic rings. The molecule has 1 fully saturated rings. The molecule has 1 N–H and O–H groups in total. The Bertz CT molecular complexity index is 702. The average molecular weight is 332 g/mol. The Morgan fingerprint density at radius 2 is 2.30 bits per heavy atom. The number of nitrogens with zero attached hydrogens (tertiary/aromatic N) is 2. The molecule has 7 heteroatoms. The van der Waals surface area contributed by atoms with Crippen LogP contribution < -0.4 is 4.74 Å². The quantitative estimate of drug-likeness (QED) is 0.908. The minimum absolute atomic E-state index is 0.159. The molecule has 0 bridgehead atoms. The van der Waals surface area contributed by atoms with Gasteiger partial charge in [0.1, 0.15) is 12.4 Å². The van der Waals surface area contributed by atoms with Gasteiger partial charge in [0.25, 0.3) is 5.91 Å². The second-order valence-electron chi connectivity index (χ2n) is 5.37. The van der Waals surface area contributed by atoms with E-state index in [1.807, 2.05) is 5.38 Å². The van der Waals surface area contributed by atoms with E-state index in [0.717, 1.165) is 5.69 Å². The number of hydrogen-bond donors (Lipinski definition) is 1. The van der Waals surface area contributed by atoms with Crippen molar-refractivity contribution in [3.8, 4) is 5.75 Å². The summed E-state index contributed by atoms with van der Waals surface area (Å²) in [6.07, 6.45) is 0.501. The molecule has 1 amide bonds. The molecular formula is C16H16N2O4S. The number of rotatable bonds is 5. The van der Waals surface area contributed by atoms with E-state index >= 15 is 0 Å². The maximum absolute atomic E-state index is 12.5. The third-order valence-electron chi connectivity index (χ3n) is 3.78. The molecule has 1 aliphatic rings. The molecule has 1 aliphatic heterocycles. The number of carbonyl (C=O) groups is 2. The van der Waals surface area contributed by atoms with Crippen molar-refractivity contribution in [2.45, 2.75) is 13.0 Å². The first-order valence-electron chi connectivity index (χ1n) is 7.25. The molecule has 1 aromatic carbocycles. The van der Waals surface area contributed by atoms with Crippen molar-refractivity contribution in [2.24, 2.45) is 5.92 Å². The van der Waals surface area contributed by atoms with Gasteiger partial charge in [-0.15, -0.1) is 11.3 Å². The van der Waals surface area contributed by atoms with Crippen LogP contribution in [0, 0.1) is 5.92 Å². The highest BCUT2D eigenvalue weighted by Gasteiger charge is 2.31. The molecule has 6 nitrogen and oxygen atoms in total. The van der Waals surface area contributed by atoms with Crippen molar-refractivity contribution >= 4 is 23.2 Å². The Labute approximate surface area is 137 Å². The number of carbonyl (C=O) groups excluding carboxylic acids is 1. The van der Waals surface area contributed by atoms with Crippen LogP contribution in [0.25, 0.3) is 0 Å². The van der Waals surface area contributed by atoms with Crippen molar-refractivity contribution in [2.75, 3.05) is 13.1 Å². The van der Waals surface area contributed by atoms with Crippen LogP contribution in [-0.4, -0.2) is 40.0 Å². The van der Waals surface area contributed by atoms with Crippen molar-refractivity contribution in [3.63, 3.8) is 0 Å². The van der Waals surface area contributed by atoms with E-state index in [1.165, 1.54) is 11.3 Å². The molecule has 0 aliphatic carbocycles. The van der Waals surface area contributed by atoms with Crippen LogP contribution in [-0.2, 0) is 11.4 Å². The molecule has 23 heavy (non-hydrogen) atoms. The van der Waals surface area contributed by atoms with Gasteiger partial charge in [0, 0.05) is 24.0 Å². The van der Waals surface area contributed by atoms with Crippen LogP contribution in [0.2, 0.25) is 0 Å². The summed E-state index contributed by atoms with van der Waals surface area (Å²) in [7, 11) is 0. The number of carboxylic acids is 1. The molecule has 120 valence electrons. The van der Waals surface area contributed by atoms with Crippen LogP contribution >= 0.6 is 11.3 Å². The lowest BCUT2D eigenvalue weighted by molar-refractivity contribution is -0.141. The van der Waals surface area contributed by atoms with Crippen LogP contribution in [0.15, 0.2) is 35.2 Å². The molecule has 0 radical (unpaired) electrons. The Balaban J connectivity index is 1.65. The fraction of sp³-hybridized carbons (Fsp3) is 0.312. The number of likely N-dealkylation sites (tertiary alicyclic amines) is 1. The highest BCUT2D eigenvalue weighted by molar-refractivity contribution is 7.07. The first kappa shape index (κ1) is 15.5. The third kappa shape index (κ3) is 3.68. The average Bonchev–Trinajstić information content (AvgIpc) is 3.24. The van der Waals surface area contributed by atoms with Crippen LogP contribution in [0.4, 0.5) is 0 Å². The Hall–Kier alpha value is -2.41. The highest BCUT2D eigenvalue weighted by Crippen LogP contribution is 2.21. The number of aliphatic carboxylic acids is 1. The second kappa shape index (κ2) is 6.78. The van der Waals surface area contributed by atoms with Crippen molar-refractivity contribution < 1.29 is 19.4 Å². The summed E-state index contributed by atoms with van der Waals surface area (Å²) in [5.41, 5.74) is 3.09. The van der Waals surface area contributed by atoms with Crippen molar-refractivity contribution in [3.05, 3.63) is 46.4 Å². The zero-order chi connectivity index (χ0) is 16.2. The van der Waals surface area contributed by atoms with Gasteiger partial charge in [0.15, 0.2) is 0 Å². The van der Waals surface area contributed by atoms with Gasteiger partial charge in [0.2, 0.25) is 0 Å². The van der Waals surface area contributed by atoms with Gasteiger partial charge in [0.05, 0.1) is 17.1 Å². The van der Waals surface area contributed by atoms with E-state index in [9.17, 15) is 9.59 Å². The van der Waals surface area contributed by atoms with E-state index < -0.39 is 11.9 Å². The second-order valence-corrected chi connectivity index (χ2v) is 6.09. The summed E-state index contributed by atoms with van der Waals surface area (Å²) in [5.74, 6) is -0.880. The summed E-state index contributed by atoms with van der Waals surface area (Å²) in [5, 5.41) is 10.9. The maximum atomic E-state index is 12.5. The minimum Gasteiger partial charge on any atom is -0.487 e. The Kier molecular flexibility index (Phi) is 4.57. The standard InChI is InChI=1S/C16H16N2O4S/c19-15(18-5-4-12(7-18)16(20)21)11-2-1-3-14(6-11)22-8-13-9-23-10-17-13/h1-3,6,9-10,12H,4-5,7-8H2,(H,20,21)/t12-/m1/s1. The molecule has 1 saturated heterocycles. The van der Waals surface area contributed by atoms with E-state index in [1.54, 1.807) is 34.7 Å². The lowest BCUT2D eigenvalue weighted by Gasteiger charge is -2.16. The van der Waals surface area contributed by atoms with Crippen LogP contribution in [0.5, 0.6) is 5.75 Å². The zero-order valence-corrected chi connectivity index (χ0v) is 13.2. The summed E-state index contributed by atoms with van der Waals surface area (Å²) >= 11 is 1.50. The number of ether oxygens (including phenoxy) is 1. The first-order chi connectivity index (χ1) is 11.1. The monoisotopic (exact) mass is 332 g/mol. The lowest BCUT2D eigenvalue weighted by atomic mass is 10.1. The normalized spacial score (nSPS) is 17.2. The Morgan fingerprint density at radius 1 is 1.43 bits per heavy atom. The first-order valence-corrected chi connectivity index (χ1v) is 8.20. The highest BCUT2D eigenvalue weighted by atomic mass is 32.1. The summed E-state index contributed by atoms with van der Waals surface area (Å²) in [4.78, 5) is 29.2. The minimum atomic E-state index is -0.847. The largest absolute Gasteiger partial charge is 0.487 e. The predicted octanol–water partition coefficient (Wildman–Crippen LogP) is 2.27. The number of thiazole rings is 1. The van der Waals surface area contributed by atoms with Gasteiger partial charge in [-0.3, -0.25) is 9.59 Å². The number of benzene rings is 1.